The number of rotatable bonds is 6. The Bertz CT molecular complexity index is 325. The van der Waals surface area contributed by atoms with Crippen LogP contribution in [-0.4, -0.2) is 46.4 Å². The van der Waals surface area contributed by atoms with Crippen molar-refractivity contribution >= 4 is 0 Å². The first-order chi connectivity index (χ1) is 8.42. The summed E-state index contributed by atoms with van der Waals surface area (Å²) in [6, 6.07) is 3.58. The lowest BCUT2D eigenvalue weighted by Crippen LogP contribution is -2.40. The van der Waals surface area contributed by atoms with Crippen LogP contribution in [0.1, 0.15) is 25.7 Å². The maximum atomic E-state index is 4.27. The van der Waals surface area contributed by atoms with E-state index in [-0.39, 0.29) is 0 Å². The van der Waals surface area contributed by atoms with Crippen LogP contribution in [-0.2, 0) is 6.54 Å². The largest absolute Gasteiger partial charge is 0.313 e. The Balaban J connectivity index is 1.49. The minimum Gasteiger partial charge on any atom is -0.313 e. The van der Waals surface area contributed by atoms with E-state index in [2.05, 4.69) is 21.5 Å². The Hall–Kier alpha value is -0.870. The summed E-state index contributed by atoms with van der Waals surface area (Å²) < 4.78 is 2.04. The molecule has 4 nitrogen and oxygen atoms in total. The van der Waals surface area contributed by atoms with Gasteiger partial charge >= 0.3 is 0 Å². The topological polar surface area (TPSA) is 33.1 Å². The highest BCUT2D eigenvalue weighted by molar-refractivity contribution is 4.88. The fourth-order valence-corrected chi connectivity index (χ4v) is 2.72. The standard InChI is InChI=1S/C13H22N4/c1-3-12(14-6-1)11-16(13-4-5-13)9-10-17-8-2-7-15-17/h2,7-8,12-14H,1,3-6,9-11H2/t12-/m1/s1. The van der Waals surface area contributed by atoms with Crippen LogP contribution in [0.2, 0.25) is 0 Å². The van der Waals surface area contributed by atoms with Crippen LogP contribution in [0, 0.1) is 0 Å². The Morgan fingerprint density at radius 2 is 2.29 bits per heavy atom. The molecule has 4 heteroatoms. The van der Waals surface area contributed by atoms with Crippen LogP contribution in [0.15, 0.2) is 18.5 Å². The molecule has 2 aliphatic rings. The van der Waals surface area contributed by atoms with Gasteiger partial charge in [0.05, 0.1) is 6.54 Å². The van der Waals surface area contributed by atoms with Crippen LogP contribution in [0.4, 0.5) is 0 Å². The molecule has 2 heterocycles. The smallest absolute Gasteiger partial charge is 0.0536 e. The molecule has 17 heavy (non-hydrogen) atoms. The van der Waals surface area contributed by atoms with Gasteiger partial charge in [0.15, 0.2) is 0 Å². The minimum absolute atomic E-state index is 0.730. The number of aromatic nitrogens is 2. The summed E-state index contributed by atoms with van der Waals surface area (Å²) in [6.45, 7) is 4.61. The summed E-state index contributed by atoms with van der Waals surface area (Å²) in [4.78, 5) is 2.66. The number of hydrogen-bond acceptors (Lipinski definition) is 3. The monoisotopic (exact) mass is 234 g/mol. The zero-order valence-corrected chi connectivity index (χ0v) is 10.4. The Morgan fingerprint density at radius 3 is 2.94 bits per heavy atom. The Kier molecular flexibility index (Phi) is 3.43. The fourth-order valence-electron chi connectivity index (χ4n) is 2.72. The van der Waals surface area contributed by atoms with Crippen LogP contribution < -0.4 is 5.32 Å². The molecule has 0 amide bonds. The summed E-state index contributed by atoms with van der Waals surface area (Å²) in [5, 5.41) is 7.87. The molecule has 3 rings (SSSR count). The highest BCUT2D eigenvalue weighted by Crippen LogP contribution is 2.27. The highest BCUT2D eigenvalue weighted by atomic mass is 15.3. The maximum absolute atomic E-state index is 4.27. The molecule has 1 saturated heterocycles. The van der Waals surface area contributed by atoms with E-state index in [4.69, 9.17) is 0 Å². The van der Waals surface area contributed by atoms with E-state index in [1.807, 2.05) is 16.9 Å². The number of nitrogens with zero attached hydrogens (tertiary/aromatic N) is 3. The van der Waals surface area contributed by atoms with Gasteiger partial charge < -0.3 is 5.32 Å². The second kappa shape index (κ2) is 5.19. The van der Waals surface area contributed by atoms with E-state index in [9.17, 15) is 0 Å². The van der Waals surface area contributed by atoms with Crippen molar-refractivity contribution in [3.63, 3.8) is 0 Å². The molecule has 0 aromatic carbocycles. The van der Waals surface area contributed by atoms with E-state index in [0.717, 1.165) is 25.2 Å². The van der Waals surface area contributed by atoms with Crippen LogP contribution in [0.5, 0.6) is 0 Å². The summed E-state index contributed by atoms with van der Waals surface area (Å²) >= 11 is 0. The van der Waals surface area contributed by atoms with Crippen molar-refractivity contribution in [1.82, 2.24) is 20.0 Å². The molecule has 1 aromatic rings. The van der Waals surface area contributed by atoms with Crippen molar-refractivity contribution in [2.24, 2.45) is 0 Å². The average molecular weight is 234 g/mol. The third kappa shape index (κ3) is 3.07. The third-order valence-electron chi connectivity index (χ3n) is 3.86. The first kappa shape index (κ1) is 11.2. The van der Waals surface area contributed by atoms with Gasteiger partial charge in [0, 0.05) is 37.6 Å². The molecule has 0 bridgehead atoms. The third-order valence-corrected chi connectivity index (χ3v) is 3.86. The molecule has 0 unspecified atom stereocenters. The van der Waals surface area contributed by atoms with Gasteiger partial charge in [-0.1, -0.05) is 0 Å². The molecule has 1 saturated carbocycles. The lowest BCUT2D eigenvalue weighted by atomic mass is 10.2. The lowest BCUT2D eigenvalue weighted by Gasteiger charge is -2.25. The fraction of sp³-hybridized carbons (Fsp3) is 0.769. The molecule has 0 radical (unpaired) electrons. The molecule has 1 aromatic heterocycles. The van der Waals surface area contributed by atoms with Gasteiger partial charge in [0.1, 0.15) is 0 Å². The van der Waals surface area contributed by atoms with Crippen LogP contribution in [0.25, 0.3) is 0 Å². The quantitative estimate of drug-likeness (QED) is 0.800. The second-order valence-electron chi connectivity index (χ2n) is 5.29. The van der Waals surface area contributed by atoms with Crippen LogP contribution in [0.3, 0.4) is 0 Å². The highest BCUT2D eigenvalue weighted by Gasteiger charge is 2.30. The molecule has 1 aliphatic heterocycles. The zero-order valence-electron chi connectivity index (χ0n) is 10.4. The van der Waals surface area contributed by atoms with E-state index < -0.39 is 0 Å². The summed E-state index contributed by atoms with van der Waals surface area (Å²) in [5.41, 5.74) is 0. The molecule has 94 valence electrons. The number of nitrogens with one attached hydrogen (secondary N) is 1. The van der Waals surface area contributed by atoms with Crippen molar-refractivity contribution in [2.75, 3.05) is 19.6 Å². The van der Waals surface area contributed by atoms with Gasteiger partial charge in [-0.25, -0.2) is 0 Å². The lowest BCUT2D eigenvalue weighted by molar-refractivity contribution is 0.227. The Labute approximate surface area is 103 Å². The molecular formula is C13H22N4. The number of hydrogen-bond donors (Lipinski definition) is 1. The summed E-state index contributed by atoms with van der Waals surface area (Å²) in [6.07, 6.45) is 9.41. The minimum atomic E-state index is 0.730. The second-order valence-corrected chi connectivity index (χ2v) is 5.29. The SMILES string of the molecule is c1cnn(CCN(C[C@H]2CCCN2)C2CC2)c1. The molecule has 1 aliphatic carbocycles. The summed E-state index contributed by atoms with van der Waals surface area (Å²) in [7, 11) is 0. The van der Waals surface area contributed by atoms with E-state index >= 15 is 0 Å². The molecule has 0 spiro atoms. The predicted octanol–water partition coefficient (Wildman–Crippen LogP) is 1.10. The Morgan fingerprint density at radius 1 is 1.35 bits per heavy atom. The van der Waals surface area contributed by atoms with E-state index in [1.165, 1.54) is 38.8 Å². The molecule has 1 N–H and O–H groups in total. The summed E-state index contributed by atoms with van der Waals surface area (Å²) in [5.74, 6) is 0. The maximum Gasteiger partial charge on any atom is 0.0536 e. The van der Waals surface area contributed by atoms with Crippen LogP contribution >= 0.6 is 0 Å². The van der Waals surface area contributed by atoms with E-state index in [1.54, 1.807) is 0 Å². The van der Waals surface area contributed by atoms with Gasteiger partial charge in [0.2, 0.25) is 0 Å². The van der Waals surface area contributed by atoms with Gasteiger partial charge in [-0.2, -0.15) is 5.10 Å². The zero-order chi connectivity index (χ0) is 11.5. The van der Waals surface area contributed by atoms with Crippen molar-refractivity contribution in [1.29, 1.82) is 0 Å². The molecule has 1 atom stereocenters. The van der Waals surface area contributed by atoms with Gasteiger partial charge in [0.25, 0.3) is 0 Å². The van der Waals surface area contributed by atoms with Gasteiger partial charge in [-0.05, 0) is 38.3 Å². The predicted molar refractivity (Wildman–Crippen MR) is 67.8 cm³/mol. The van der Waals surface area contributed by atoms with Crippen molar-refractivity contribution in [2.45, 2.75) is 44.3 Å². The first-order valence-corrected chi connectivity index (χ1v) is 6.87. The molecular weight excluding hydrogens is 212 g/mol. The normalized spacial score (nSPS) is 24.6. The van der Waals surface area contributed by atoms with Gasteiger partial charge in [-0.3, -0.25) is 9.58 Å². The molecule has 2 fully saturated rings. The van der Waals surface area contributed by atoms with Crippen molar-refractivity contribution in [3.05, 3.63) is 18.5 Å². The van der Waals surface area contributed by atoms with Crippen molar-refractivity contribution < 1.29 is 0 Å². The first-order valence-electron chi connectivity index (χ1n) is 6.87. The van der Waals surface area contributed by atoms with E-state index in [0.29, 0.717) is 0 Å². The average Bonchev–Trinajstić information content (AvgIpc) is 2.85. The van der Waals surface area contributed by atoms with Gasteiger partial charge in [-0.15, -0.1) is 0 Å². The van der Waals surface area contributed by atoms with Crippen molar-refractivity contribution in [3.8, 4) is 0 Å².